The van der Waals surface area contributed by atoms with Gasteiger partial charge in [0.05, 0.1) is 0 Å². The van der Waals surface area contributed by atoms with E-state index >= 15 is 0 Å². The first-order valence-corrected chi connectivity index (χ1v) is 6.03. The zero-order chi connectivity index (χ0) is 14.0. The summed E-state index contributed by atoms with van der Waals surface area (Å²) >= 11 is 0. The van der Waals surface area contributed by atoms with Gasteiger partial charge < -0.3 is 4.74 Å². The smallest absolute Gasteiger partial charge is 0.166 e. The first-order valence-electron chi connectivity index (χ1n) is 6.03. The minimum atomic E-state index is -0.536. The fourth-order valence-electron chi connectivity index (χ4n) is 1.71. The van der Waals surface area contributed by atoms with Crippen LogP contribution in [0, 0.1) is 19.7 Å². The standard InChI is InChI=1S/C16H15FO2/c1-10-4-6-14(8-11(10)2)19-16-7-5-13(12(3)18)9-15(16)17/h4-9H,1-3H3. The van der Waals surface area contributed by atoms with Crippen LogP contribution >= 0.6 is 0 Å². The maximum absolute atomic E-state index is 13.8. The Morgan fingerprint density at radius 1 is 1.05 bits per heavy atom. The molecule has 0 amide bonds. The Balaban J connectivity index is 2.28. The second-order valence-electron chi connectivity index (χ2n) is 4.55. The number of hydrogen-bond donors (Lipinski definition) is 0. The zero-order valence-electron chi connectivity index (χ0n) is 11.2. The summed E-state index contributed by atoms with van der Waals surface area (Å²) < 4.78 is 19.3. The first-order chi connectivity index (χ1) is 8.97. The van der Waals surface area contributed by atoms with Crippen LogP contribution in [0.3, 0.4) is 0 Å². The van der Waals surface area contributed by atoms with E-state index in [1.54, 1.807) is 12.1 Å². The summed E-state index contributed by atoms with van der Waals surface area (Å²) in [5.74, 6) is -0.00612. The maximum atomic E-state index is 13.8. The van der Waals surface area contributed by atoms with Crippen molar-refractivity contribution in [2.45, 2.75) is 20.8 Å². The van der Waals surface area contributed by atoms with Gasteiger partial charge in [-0.2, -0.15) is 0 Å². The van der Waals surface area contributed by atoms with Crippen molar-refractivity contribution in [3.8, 4) is 11.5 Å². The van der Waals surface area contributed by atoms with E-state index < -0.39 is 5.82 Å². The van der Waals surface area contributed by atoms with E-state index in [-0.39, 0.29) is 11.5 Å². The molecule has 0 fully saturated rings. The van der Waals surface area contributed by atoms with Crippen LogP contribution in [0.1, 0.15) is 28.4 Å². The lowest BCUT2D eigenvalue weighted by atomic mass is 10.1. The molecule has 2 rings (SSSR count). The highest BCUT2D eigenvalue weighted by molar-refractivity contribution is 5.94. The Kier molecular flexibility index (Phi) is 3.65. The van der Waals surface area contributed by atoms with Crippen LogP contribution in [-0.2, 0) is 0 Å². The molecule has 0 unspecified atom stereocenters. The van der Waals surface area contributed by atoms with Crippen LogP contribution in [0.25, 0.3) is 0 Å². The monoisotopic (exact) mass is 258 g/mol. The van der Waals surface area contributed by atoms with Gasteiger partial charge in [-0.25, -0.2) is 4.39 Å². The quantitative estimate of drug-likeness (QED) is 0.761. The highest BCUT2D eigenvalue weighted by Crippen LogP contribution is 2.26. The van der Waals surface area contributed by atoms with Crippen molar-refractivity contribution in [3.05, 3.63) is 58.9 Å². The number of carbonyl (C=O) groups excluding carboxylic acids is 1. The molecule has 98 valence electrons. The molecule has 2 aromatic rings. The lowest BCUT2D eigenvalue weighted by molar-refractivity contribution is 0.101. The summed E-state index contributed by atoms with van der Waals surface area (Å²) in [5, 5.41) is 0. The molecule has 3 heteroatoms. The first kappa shape index (κ1) is 13.3. The highest BCUT2D eigenvalue weighted by Gasteiger charge is 2.08. The fraction of sp³-hybridized carbons (Fsp3) is 0.188. The second kappa shape index (κ2) is 5.22. The average molecular weight is 258 g/mol. The minimum Gasteiger partial charge on any atom is -0.454 e. The molecule has 0 radical (unpaired) electrons. The molecule has 0 spiro atoms. The van der Waals surface area contributed by atoms with E-state index in [9.17, 15) is 9.18 Å². The Bertz CT molecular complexity index is 633. The number of halogens is 1. The van der Waals surface area contributed by atoms with Gasteiger partial charge in [-0.05, 0) is 62.2 Å². The van der Waals surface area contributed by atoms with Gasteiger partial charge in [0, 0.05) is 5.56 Å². The molecule has 2 aromatic carbocycles. The summed E-state index contributed by atoms with van der Waals surface area (Å²) in [6.45, 7) is 5.37. The van der Waals surface area contributed by atoms with E-state index in [0.717, 1.165) is 11.1 Å². The summed E-state index contributed by atoms with van der Waals surface area (Å²) in [4.78, 5) is 11.1. The van der Waals surface area contributed by atoms with Gasteiger partial charge in [-0.3, -0.25) is 4.79 Å². The summed E-state index contributed by atoms with van der Waals surface area (Å²) in [6, 6.07) is 9.79. The van der Waals surface area contributed by atoms with Crippen molar-refractivity contribution < 1.29 is 13.9 Å². The molecule has 0 saturated heterocycles. The SMILES string of the molecule is CC(=O)c1ccc(Oc2ccc(C)c(C)c2)c(F)c1. The molecular formula is C16H15FO2. The molecule has 0 bridgehead atoms. The van der Waals surface area contributed by atoms with Crippen molar-refractivity contribution in [1.29, 1.82) is 0 Å². The number of Topliss-reactive ketones (excluding diaryl/α,β-unsaturated/α-hetero) is 1. The van der Waals surface area contributed by atoms with Gasteiger partial charge >= 0.3 is 0 Å². The van der Waals surface area contributed by atoms with Crippen LogP contribution in [-0.4, -0.2) is 5.78 Å². The number of hydrogen-bond acceptors (Lipinski definition) is 2. The normalized spacial score (nSPS) is 10.3. The van der Waals surface area contributed by atoms with Gasteiger partial charge in [0.2, 0.25) is 0 Å². The highest BCUT2D eigenvalue weighted by atomic mass is 19.1. The maximum Gasteiger partial charge on any atom is 0.166 e. The third-order valence-corrected chi connectivity index (χ3v) is 3.04. The van der Waals surface area contributed by atoms with Gasteiger partial charge in [0.15, 0.2) is 17.3 Å². The van der Waals surface area contributed by atoms with Crippen LogP contribution < -0.4 is 4.74 Å². The summed E-state index contributed by atoms with van der Waals surface area (Å²) in [5.41, 5.74) is 2.57. The summed E-state index contributed by atoms with van der Waals surface area (Å²) in [6.07, 6.45) is 0. The van der Waals surface area contributed by atoms with Crippen molar-refractivity contribution in [1.82, 2.24) is 0 Å². The zero-order valence-corrected chi connectivity index (χ0v) is 11.2. The molecule has 19 heavy (non-hydrogen) atoms. The van der Waals surface area contributed by atoms with Crippen LogP contribution in [0.4, 0.5) is 4.39 Å². The third-order valence-electron chi connectivity index (χ3n) is 3.04. The van der Waals surface area contributed by atoms with Crippen LogP contribution in [0.5, 0.6) is 11.5 Å². The van der Waals surface area contributed by atoms with E-state index in [1.807, 2.05) is 26.0 Å². The van der Waals surface area contributed by atoms with Crippen LogP contribution in [0.2, 0.25) is 0 Å². The van der Waals surface area contributed by atoms with Crippen molar-refractivity contribution >= 4 is 5.78 Å². The Morgan fingerprint density at radius 2 is 1.79 bits per heavy atom. The van der Waals surface area contributed by atoms with Crippen molar-refractivity contribution in [3.63, 3.8) is 0 Å². The molecule has 0 N–H and O–H groups in total. The average Bonchev–Trinajstić information content (AvgIpc) is 2.36. The fourth-order valence-corrected chi connectivity index (χ4v) is 1.71. The minimum absolute atomic E-state index is 0.119. The number of rotatable bonds is 3. The van der Waals surface area contributed by atoms with E-state index in [2.05, 4.69) is 0 Å². The molecule has 0 aliphatic heterocycles. The Hall–Kier alpha value is -2.16. The number of ketones is 1. The molecule has 0 aromatic heterocycles. The van der Waals surface area contributed by atoms with Crippen molar-refractivity contribution in [2.24, 2.45) is 0 Å². The van der Waals surface area contributed by atoms with Gasteiger partial charge in [-0.1, -0.05) is 6.07 Å². The third kappa shape index (κ3) is 2.99. The van der Waals surface area contributed by atoms with Gasteiger partial charge in [0.25, 0.3) is 0 Å². The Morgan fingerprint density at radius 3 is 2.37 bits per heavy atom. The van der Waals surface area contributed by atoms with E-state index in [4.69, 9.17) is 4.74 Å². The largest absolute Gasteiger partial charge is 0.454 e. The van der Waals surface area contributed by atoms with Crippen LogP contribution in [0.15, 0.2) is 36.4 Å². The van der Waals surface area contributed by atoms with E-state index in [1.165, 1.54) is 19.1 Å². The van der Waals surface area contributed by atoms with E-state index in [0.29, 0.717) is 11.3 Å². The number of ether oxygens (including phenoxy) is 1. The molecule has 0 heterocycles. The molecule has 0 aliphatic rings. The predicted molar refractivity (Wildman–Crippen MR) is 72.4 cm³/mol. The van der Waals surface area contributed by atoms with Gasteiger partial charge in [-0.15, -0.1) is 0 Å². The number of benzene rings is 2. The molecular weight excluding hydrogens is 243 g/mol. The number of carbonyl (C=O) groups is 1. The lowest BCUT2D eigenvalue weighted by Gasteiger charge is -2.09. The summed E-state index contributed by atoms with van der Waals surface area (Å²) in [7, 11) is 0. The Labute approximate surface area is 111 Å². The molecule has 0 aliphatic carbocycles. The topological polar surface area (TPSA) is 26.3 Å². The van der Waals surface area contributed by atoms with Crippen molar-refractivity contribution in [2.75, 3.05) is 0 Å². The molecule has 0 saturated carbocycles. The predicted octanol–water partition coefficient (Wildman–Crippen LogP) is 4.44. The number of aryl methyl sites for hydroxylation is 2. The van der Waals surface area contributed by atoms with Gasteiger partial charge in [0.1, 0.15) is 5.75 Å². The molecule has 2 nitrogen and oxygen atoms in total. The lowest BCUT2D eigenvalue weighted by Crippen LogP contribution is -1.95. The molecule has 0 atom stereocenters. The second-order valence-corrected chi connectivity index (χ2v) is 4.55.